The van der Waals surface area contributed by atoms with Crippen LogP contribution in [0.1, 0.15) is 18.4 Å². The normalized spacial score (nSPS) is 26.7. The molecule has 2 aliphatic carbocycles. The van der Waals surface area contributed by atoms with Crippen LogP contribution in [0.2, 0.25) is 5.02 Å². The molecule has 0 radical (unpaired) electrons. The number of benzene rings is 1. The zero-order chi connectivity index (χ0) is 25.7. The van der Waals surface area contributed by atoms with E-state index in [9.17, 15) is 9.90 Å². The number of rotatable bonds is 7. The van der Waals surface area contributed by atoms with Gasteiger partial charge >= 0.3 is 6.09 Å². The number of pyridine rings is 1. The molecule has 3 aromatic rings. The van der Waals surface area contributed by atoms with Crippen molar-refractivity contribution in [3.63, 3.8) is 0 Å². The number of β-amino-alcohol motifs (C(OH)–C–C–N with tert-alkyl or cyclic N) is 1. The van der Waals surface area contributed by atoms with Gasteiger partial charge in [-0.1, -0.05) is 29.8 Å². The number of halogens is 1. The van der Waals surface area contributed by atoms with Gasteiger partial charge in [0.1, 0.15) is 23.2 Å². The number of aromatic amines is 1. The first-order chi connectivity index (χ1) is 17.9. The highest BCUT2D eigenvalue weighted by Crippen LogP contribution is 2.44. The summed E-state index contributed by atoms with van der Waals surface area (Å²) in [4.78, 5) is 26.3. The van der Waals surface area contributed by atoms with Crippen molar-refractivity contribution in [1.29, 1.82) is 0 Å². The fourth-order valence-corrected chi connectivity index (χ4v) is 6.07. The van der Waals surface area contributed by atoms with E-state index in [4.69, 9.17) is 31.8 Å². The van der Waals surface area contributed by atoms with Crippen LogP contribution >= 0.6 is 11.6 Å². The summed E-state index contributed by atoms with van der Waals surface area (Å²) in [5.41, 5.74) is 9.05. The van der Waals surface area contributed by atoms with Gasteiger partial charge in [-0.2, -0.15) is 0 Å². The third-order valence-corrected chi connectivity index (χ3v) is 7.89. The van der Waals surface area contributed by atoms with E-state index >= 15 is 0 Å². The van der Waals surface area contributed by atoms with Gasteiger partial charge in [0, 0.05) is 31.5 Å². The smallest absolute Gasteiger partial charge is 0.404 e. The Balaban J connectivity index is 1.31. The molecule has 2 fully saturated rings. The maximum absolute atomic E-state index is 11.5. The molecule has 6 rings (SSSR count). The predicted octanol–water partition coefficient (Wildman–Crippen LogP) is 3.30. The second-order valence-corrected chi connectivity index (χ2v) is 10.4. The minimum absolute atomic E-state index is 0.120. The molecule has 0 spiro atoms. The van der Waals surface area contributed by atoms with E-state index in [1.807, 2.05) is 18.2 Å². The van der Waals surface area contributed by atoms with Crippen molar-refractivity contribution in [3.05, 3.63) is 47.1 Å². The number of aromatic nitrogens is 3. The first-order valence-electron chi connectivity index (χ1n) is 12.4. The molecule has 1 saturated heterocycles. The van der Waals surface area contributed by atoms with Crippen LogP contribution < -0.4 is 15.8 Å². The van der Waals surface area contributed by atoms with Gasteiger partial charge in [-0.3, -0.25) is 4.90 Å². The molecule has 11 heteroatoms. The number of nitrogens with one attached hydrogen (secondary N) is 2. The summed E-state index contributed by atoms with van der Waals surface area (Å²) in [6.45, 7) is 2.30. The topological polar surface area (TPSA) is 139 Å². The number of nitrogens with two attached hydrogens (primary N) is 1. The summed E-state index contributed by atoms with van der Waals surface area (Å²) in [5.74, 6) is 1.60. The number of hydrogen-bond acceptors (Lipinski definition) is 8. The van der Waals surface area contributed by atoms with Gasteiger partial charge in [-0.05, 0) is 30.5 Å². The van der Waals surface area contributed by atoms with Gasteiger partial charge in [-0.25, -0.2) is 14.8 Å². The molecule has 1 amide bonds. The number of aliphatic hydroxyl groups is 1. The fraction of sp³-hybridized carbons (Fsp3) is 0.423. The molecule has 2 aromatic heterocycles. The van der Waals surface area contributed by atoms with Crippen molar-refractivity contribution >= 4 is 34.5 Å². The molecular weight excluding hydrogens is 496 g/mol. The molecule has 10 nitrogen and oxygen atoms in total. The van der Waals surface area contributed by atoms with E-state index in [1.165, 1.54) is 0 Å². The number of anilines is 1. The van der Waals surface area contributed by atoms with Crippen molar-refractivity contribution in [3.8, 4) is 17.1 Å². The Kier molecular flexibility index (Phi) is 6.18. The molecule has 194 valence electrons. The average Bonchev–Trinajstić information content (AvgIpc) is 3.66. The maximum atomic E-state index is 11.5. The van der Waals surface area contributed by atoms with E-state index in [-0.39, 0.29) is 30.1 Å². The van der Waals surface area contributed by atoms with Crippen molar-refractivity contribution in [1.82, 2.24) is 19.9 Å². The molecule has 1 aromatic carbocycles. The van der Waals surface area contributed by atoms with Crippen LogP contribution in [0.3, 0.4) is 0 Å². The van der Waals surface area contributed by atoms with Gasteiger partial charge in [0.25, 0.3) is 0 Å². The summed E-state index contributed by atoms with van der Waals surface area (Å²) >= 11 is 6.59. The number of primary amides is 1. The molecule has 5 atom stereocenters. The van der Waals surface area contributed by atoms with Crippen LogP contribution in [0.5, 0.6) is 5.75 Å². The number of nitrogens with zero attached hydrogens (tertiary/aromatic N) is 3. The van der Waals surface area contributed by atoms with Crippen LogP contribution in [0.4, 0.5) is 10.5 Å². The molecule has 37 heavy (non-hydrogen) atoms. The van der Waals surface area contributed by atoms with Crippen molar-refractivity contribution in [2.24, 2.45) is 17.6 Å². The van der Waals surface area contributed by atoms with E-state index in [0.717, 1.165) is 37.1 Å². The van der Waals surface area contributed by atoms with Crippen LogP contribution in [0.25, 0.3) is 22.6 Å². The second-order valence-electron chi connectivity index (χ2n) is 10.00. The second kappa shape index (κ2) is 9.51. The van der Waals surface area contributed by atoms with Crippen molar-refractivity contribution in [2.45, 2.75) is 37.6 Å². The van der Waals surface area contributed by atoms with Gasteiger partial charge in [0.15, 0.2) is 5.65 Å². The Morgan fingerprint density at radius 1 is 1.35 bits per heavy atom. The predicted molar refractivity (Wildman–Crippen MR) is 139 cm³/mol. The largest absolute Gasteiger partial charge is 0.496 e. The van der Waals surface area contributed by atoms with Gasteiger partial charge in [0.05, 0.1) is 41.7 Å². The minimum atomic E-state index is -0.788. The number of aliphatic hydroxyl groups excluding tert-OH is 1. The molecule has 2 bridgehead atoms. The summed E-state index contributed by atoms with van der Waals surface area (Å²) in [6.07, 6.45) is 6.05. The number of methoxy groups -OCH3 is 1. The van der Waals surface area contributed by atoms with Gasteiger partial charge in [-0.15, -0.1) is 0 Å². The highest BCUT2D eigenvalue weighted by molar-refractivity contribution is 6.34. The number of carbonyl (C=O) groups excluding carboxylic acids is 1. The van der Waals surface area contributed by atoms with E-state index in [1.54, 1.807) is 13.3 Å². The van der Waals surface area contributed by atoms with E-state index < -0.39 is 6.09 Å². The lowest BCUT2D eigenvalue weighted by atomic mass is 9.98. The third-order valence-electron chi connectivity index (χ3n) is 7.60. The zero-order valence-corrected chi connectivity index (χ0v) is 21.1. The Hall–Kier alpha value is -3.34. The lowest BCUT2D eigenvalue weighted by Crippen LogP contribution is -2.41. The quantitative estimate of drug-likeness (QED) is 0.345. The summed E-state index contributed by atoms with van der Waals surface area (Å²) in [5, 5.41) is 13.8. The van der Waals surface area contributed by atoms with Crippen molar-refractivity contribution in [2.75, 3.05) is 25.5 Å². The van der Waals surface area contributed by atoms with Gasteiger partial charge in [0.2, 0.25) is 0 Å². The van der Waals surface area contributed by atoms with Crippen LogP contribution in [0.15, 0.2) is 36.5 Å². The molecule has 0 unspecified atom stereocenters. The Labute approximate surface area is 218 Å². The maximum Gasteiger partial charge on any atom is 0.404 e. The molecule has 3 aliphatic rings. The van der Waals surface area contributed by atoms with E-state index in [0.29, 0.717) is 40.0 Å². The first kappa shape index (κ1) is 24.0. The SMILES string of the molecule is COc1cc(CN2CC[C@@H](O)C2)ccc1-c1nc2ncc(Cl)c(N[C@H]3[C@@H](OC(N)=O)[C@@H]4C=C[C@H]3C4)c2[nH]1. The monoisotopic (exact) mass is 524 g/mol. The third kappa shape index (κ3) is 4.49. The summed E-state index contributed by atoms with van der Waals surface area (Å²) < 4.78 is 11.2. The summed E-state index contributed by atoms with van der Waals surface area (Å²) in [7, 11) is 1.63. The highest BCUT2D eigenvalue weighted by Gasteiger charge is 2.47. The standard InChI is InChI=1S/C26H29ClN6O4/c1-36-19-8-13(11-33-7-6-16(34)12-33)2-5-17(19)24-31-22-21(18(27)10-29-25(22)32-24)30-20-14-3-4-15(9-14)23(20)37-26(28)35/h2-5,8,10,14-16,20,23,34H,6-7,9,11-12H2,1H3,(H2,28,35)(H2,29,30,31,32)/t14-,15+,16+,20+,23-/m0/s1. The number of carbonyl (C=O) groups is 1. The zero-order valence-electron chi connectivity index (χ0n) is 20.4. The van der Waals surface area contributed by atoms with Crippen LogP contribution in [-0.4, -0.2) is 69.5 Å². The number of hydrogen-bond donors (Lipinski definition) is 4. The van der Waals surface area contributed by atoms with Crippen LogP contribution in [0, 0.1) is 11.8 Å². The highest BCUT2D eigenvalue weighted by atomic mass is 35.5. The lowest BCUT2D eigenvalue weighted by molar-refractivity contribution is 0.0854. The molecular formula is C26H29ClN6O4. The lowest BCUT2D eigenvalue weighted by Gasteiger charge is -2.29. The number of amides is 1. The average molecular weight is 525 g/mol. The Morgan fingerprint density at radius 3 is 2.95 bits per heavy atom. The number of H-pyrrole nitrogens is 1. The molecule has 3 heterocycles. The Bertz CT molecular complexity index is 1380. The number of fused-ring (bicyclic) bond motifs is 3. The first-order valence-corrected chi connectivity index (χ1v) is 12.8. The van der Waals surface area contributed by atoms with Crippen molar-refractivity contribution < 1.29 is 19.4 Å². The summed E-state index contributed by atoms with van der Waals surface area (Å²) in [6, 6.07) is 5.85. The fourth-order valence-electron chi connectivity index (χ4n) is 5.87. The molecule has 5 N–H and O–H groups in total. The molecule has 1 aliphatic heterocycles. The number of ether oxygens (including phenoxy) is 2. The molecule has 1 saturated carbocycles. The number of imidazole rings is 1. The number of likely N-dealkylation sites (tertiary alicyclic amines) is 1. The van der Waals surface area contributed by atoms with Crippen LogP contribution in [-0.2, 0) is 11.3 Å². The van der Waals surface area contributed by atoms with Gasteiger partial charge < -0.3 is 30.6 Å². The minimum Gasteiger partial charge on any atom is -0.496 e. The van der Waals surface area contributed by atoms with E-state index in [2.05, 4.69) is 32.3 Å². The Morgan fingerprint density at radius 2 is 2.19 bits per heavy atom.